The number of hydrogen-bond acceptors (Lipinski definition) is 6. The van der Waals surface area contributed by atoms with Gasteiger partial charge in [-0.05, 0) is 37.5 Å². The summed E-state index contributed by atoms with van der Waals surface area (Å²) >= 11 is 0. The number of hydrogen-bond donors (Lipinski definition) is 2. The van der Waals surface area contributed by atoms with Gasteiger partial charge in [0.15, 0.2) is 0 Å². The van der Waals surface area contributed by atoms with Gasteiger partial charge in [-0.3, -0.25) is 9.35 Å². The molecule has 0 amide bonds. The summed E-state index contributed by atoms with van der Waals surface area (Å²) < 4.78 is 64.9. The van der Waals surface area contributed by atoms with Crippen LogP contribution in [0.25, 0.3) is 0 Å². The lowest BCUT2D eigenvalue weighted by Crippen LogP contribution is -2.34. The largest absolute Gasteiger partial charge is 0.481 e. The van der Waals surface area contributed by atoms with Gasteiger partial charge in [-0.1, -0.05) is 13.5 Å². The third kappa shape index (κ3) is 6.82. The Labute approximate surface area is 156 Å². The van der Waals surface area contributed by atoms with Crippen molar-refractivity contribution in [3.05, 3.63) is 12.2 Å². The van der Waals surface area contributed by atoms with Crippen molar-refractivity contribution in [2.24, 2.45) is 17.8 Å². The van der Waals surface area contributed by atoms with Crippen molar-refractivity contribution in [3.8, 4) is 0 Å². The first-order valence-corrected chi connectivity index (χ1v) is 9.71. The molecule has 4 atom stereocenters. The van der Waals surface area contributed by atoms with Crippen LogP contribution in [-0.2, 0) is 29.2 Å². The van der Waals surface area contributed by atoms with Crippen molar-refractivity contribution in [1.82, 2.24) is 0 Å². The number of aliphatic carboxylic acids is 1. The number of alkyl halides is 2. The highest BCUT2D eigenvalue weighted by molar-refractivity contribution is 7.86. The van der Waals surface area contributed by atoms with Crippen molar-refractivity contribution in [1.29, 1.82) is 0 Å². The molecule has 0 aromatic rings. The summed E-state index contributed by atoms with van der Waals surface area (Å²) in [6, 6.07) is 0. The Balaban J connectivity index is 2.47. The molecule has 1 aliphatic rings. The van der Waals surface area contributed by atoms with Crippen LogP contribution in [0.3, 0.4) is 0 Å². The van der Waals surface area contributed by atoms with Crippen LogP contribution >= 0.6 is 0 Å². The van der Waals surface area contributed by atoms with Gasteiger partial charge in [0.05, 0.1) is 12.2 Å². The number of carboxylic acids is 1. The number of carboxylic acid groups (broad SMARTS) is 1. The van der Waals surface area contributed by atoms with Gasteiger partial charge in [-0.15, -0.1) is 0 Å². The number of esters is 1. The molecule has 0 aliphatic heterocycles. The highest BCUT2D eigenvalue weighted by Crippen LogP contribution is 2.40. The molecule has 2 N–H and O–H groups in total. The summed E-state index contributed by atoms with van der Waals surface area (Å²) in [5, 5.41) is 4.41. The predicted molar refractivity (Wildman–Crippen MR) is 89.6 cm³/mol. The third-order valence-corrected chi connectivity index (χ3v) is 5.56. The Morgan fingerprint density at radius 2 is 1.93 bits per heavy atom. The molecule has 8 nitrogen and oxygen atoms in total. The number of rotatable bonds is 10. The normalized spacial score (nSPS) is 24.4. The van der Waals surface area contributed by atoms with E-state index in [-0.39, 0.29) is 29.7 Å². The van der Waals surface area contributed by atoms with Crippen LogP contribution in [0.2, 0.25) is 0 Å². The van der Waals surface area contributed by atoms with Crippen LogP contribution in [0.1, 0.15) is 33.1 Å². The second kappa shape index (κ2) is 9.07. The monoisotopic (exact) mass is 414 g/mol. The van der Waals surface area contributed by atoms with Crippen LogP contribution in [0.4, 0.5) is 8.78 Å². The Kier molecular flexibility index (Phi) is 7.87. The fourth-order valence-corrected chi connectivity index (χ4v) is 3.29. The molecule has 156 valence electrons. The average Bonchev–Trinajstić information content (AvgIpc) is 2.86. The van der Waals surface area contributed by atoms with Crippen molar-refractivity contribution < 1.29 is 45.9 Å². The molecule has 11 heteroatoms. The van der Waals surface area contributed by atoms with E-state index < -0.39 is 46.6 Å². The van der Waals surface area contributed by atoms with E-state index in [4.69, 9.17) is 14.4 Å². The number of carbonyl (C=O) groups is 2. The van der Waals surface area contributed by atoms with E-state index in [9.17, 15) is 26.8 Å². The Morgan fingerprint density at radius 3 is 2.44 bits per heavy atom. The molecule has 27 heavy (non-hydrogen) atoms. The van der Waals surface area contributed by atoms with Gasteiger partial charge in [0.25, 0.3) is 0 Å². The first kappa shape index (κ1) is 23.4. The molecule has 0 aromatic carbocycles. The summed E-state index contributed by atoms with van der Waals surface area (Å²) in [6.07, 6.45) is 0.789. The second-order valence-electron chi connectivity index (χ2n) is 6.89. The van der Waals surface area contributed by atoms with E-state index in [1.807, 2.05) is 6.92 Å². The van der Waals surface area contributed by atoms with Crippen LogP contribution in [0.15, 0.2) is 12.2 Å². The lowest BCUT2D eigenvalue weighted by atomic mass is 9.95. The topological polar surface area (TPSA) is 127 Å². The van der Waals surface area contributed by atoms with Gasteiger partial charge in [0, 0.05) is 6.42 Å². The fourth-order valence-electron chi connectivity index (χ4n) is 3.05. The molecule has 0 heterocycles. The van der Waals surface area contributed by atoms with Crippen molar-refractivity contribution in [3.63, 3.8) is 0 Å². The van der Waals surface area contributed by atoms with Crippen molar-refractivity contribution in [2.45, 2.75) is 44.5 Å². The van der Waals surface area contributed by atoms with Gasteiger partial charge in [0.1, 0.15) is 12.7 Å². The smallest absolute Gasteiger partial charge is 0.392 e. The van der Waals surface area contributed by atoms with Gasteiger partial charge >= 0.3 is 27.3 Å². The lowest BCUT2D eigenvalue weighted by Gasteiger charge is -2.21. The zero-order chi connectivity index (χ0) is 21.0. The average molecular weight is 414 g/mol. The summed E-state index contributed by atoms with van der Waals surface area (Å²) in [7, 11) is -5.62. The molecule has 1 fully saturated rings. The summed E-state index contributed by atoms with van der Waals surface area (Å²) in [5.41, 5.74) is -0.291. The van der Waals surface area contributed by atoms with E-state index in [1.54, 1.807) is 6.92 Å². The quantitative estimate of drug-likeness (QED) is 0.316. The SMILES string of the molecule is C=C(COCC(F)(F)S(=O)(=O)O)C(=O)OC(C)C1CC(C)C(CC(=O)O)C1. The van der Waals surface area contributed by atoms with E-state index in [2.05, 4.69) is 11.3 Å². The zero-order valence-electron chi connectivity index (χ0n) is 15.1. The fraction of sp³-hybridized carbons (Fsp3) is 0.750. The van der Waals surface area contributed by atoms with E-state index in [1.165, 1.54) is 0 Å². The van der Waals surface area contributed by atoms with Gasteiger partial charge < -0.3 is 14.6 Å². The molecule has 1 saturated carbocycles. The molecule has 0 spiro atoms. The highest BCUT2D eigenvalue weighted by Gasteiger charge is 2.44. The molecular formula is C16H24F2O8S. The molecule has 0 aromatic heterocycles. The summed E-state index contributed by atoms with van der Waals surface area (Å²) in [6.45, 7) is 4.61. The molecule has 1 rings (SSSR count). The van der Waals surface area contributed by atoms with E-state index in [0.29, 0.717) is 12.8 Å². The molecule has 0 bridgehead atoms. The Hall–Kier alpha value is -1.59. The number of carbonyl (C=O) groups excluding carboxylic acids is 1. The molecule has 4 unspecified atom stereocenters. The molecular weight excluding hydrogens is 390 g/mol. The van der Waals surface area contributed by atoms with Crippen LogP contribution in [0.5, 0.6) is 0 Å². The summed E-state index contributed by atoms with van der Waals surface area (Å²) in [4.78, 5) is 22.8. The number of ether oxygens (including phenoxy) is 2. The lowest BCUT2D eigenvalue weighted by molar-refractivity contribution is -0.147. The third-order valence-electron chi connectivity index (χ3n) is 4.69. The van der Waals surface area contributed by atoms with E-state index in [0.717, 1.165) is 0 Å². The zero-order valence-corrected chi connectivity index (χ0v) is 15.9. The van der Waals surface area contributed by atoms with Crippen molar-refractivity contribution in [2.75, 3.05) is 13.2 Å². The first-order chi connectivity index (χ1) is 12.2. The van der Waals surface area contributed by atoms with Gasteiger partial charge in [0.2, 0.25) is 0 Å². The molecule has 1 aliphatic carbocycles. The molecule has 0 saturated heterocycles. The van der Waals surface area contributed by atoms with Crippen LogP contribution < -0.4 is 0 Å². The van der Waals surface area contributed by atoms with Crippen LogP contribution in [0, 0.1) is 17.8 Å². The minimum Gasteiger partial charge on any atom is -0.481 e. The maximum Gasteiger partial charge on any atom is 0.392 e. The maximum absolute atomic E-state index is 13.0. The Morgan fingerprint density at radius 1 is 1.33 bits per heavy atom. The highest BCUT2D eigenvalue weighted by atomic mass is 32.2. The number of halogens is 2. The Bertz CT molecular complexity index is 676. The minimum absolute atomic E-state index is 0.0113. The van der Waals surface area contributed by atoms with E-state index >= 15 is 0 Å². The van der Waals surface area contributed by atoms with Crippen LogP contribution in [-0.4, -0.2) is 54.6 Å². The minimum atomic E-state index is -5.62. The predicted octanol–water partition coefficient (Wildman–Crippen LogP) is 2.11. The van der Waals surface area contributed by atoms with Gasteiger partial charge in [-0.2, -0.15) is 17.2 Å². The second-order valence-corrected chi connectivity index (χ2v) is 8.43. The van der Waals surface area contributed by atoms with Crippen molar-refractivity contribution >= 4 is 22.1 Å². The molecule has 0 radical (unpaired) electrons. The summed E-state index contributed by atoms with van der Waals surface area (Å²) in [5.74, 6) is -1.65. The standard InChI is InChI=1S/C16H24F2O8S/c1-9-4-13(5-12(9)6-14(19)20)11(3)26-15(21)10(2)7-25-8-16(17,18)27(22,23)24/h9,11-13H,2,4-8H2,1,3H3,(H,19,20)(H,22,23,24). The maximum atomic E-state index is 13.0. The first-order valence-electron chi connectivity index (χ1n) is 8.27. The van der Waals surface area contributed by atoms with Gasteiger partial charge in [-0.25, -0.2) is 4.79 Å².